The van der Waals surface area contributed by atoms with Crippen molar-refractivity contribution >= 4 is 39.4 Å². The van der Waals surface area contributed by atoms with Crippen molar-refractivity contribution < 1.29 is 13.9 Å². The van der Waals surface area contributed by atoms with Gasteiger partial charge in [0.05, 0.1) is 17.4 Å². The largest absolute Gasteiger partial charge is 0.374 e. The Hall–Kier alpha value is -2.81. The van der Waals surface area contributed by atoms with Gasteiger partial charge in [-0.05, 0) is 42.2 Å². The van der Waals surface area contributed by atoms with Gasteiger partial charge >= 0.3 is 0 Å². The van der Waals surface area contributed by atoms with Crippen molar-refractivity contribution in [3.05, 3.63) is 66.0 Å². The summed E-state index contributed by atoms with van der Waals surface area (Å²) in [5.74, 6) is 0.684. The van der Waals surface area contributed by atoms with Crippen molar-refractivity contribution in [2.75, 3.05) is 57.3 Å². The molecule has 2 aliphatic heterocycles. The van der Waals surface area contributed by atoms with Crippen LogP contribution in [0.25, 0.3) is 16.2 Å². The quantitative estimate of drug-likeness (QED) is 0.501. The maximum atomic E-state index is 13.8. The Morgan fingerprint density at radius 1 is 1.09 bits per heavy atom. The third-order valence-electron chi connectivity index (χ3n) is 6.56. The van der Waals surface area contributed by atoms with E-state index >= 15 is 0 Å². The summed E-state index contributed by atoms with van der Waals surface area (Å²) in [5, 5.41) is 1.24. The molecule has 3 heterocycles. The molecule has 1 unspecified atom stereocenters. The zero-order valence-corrected chi connectivity index (χ0v) is 19.9. The standard InChI is InChI=1S/C26H29FN4O2S/c27-23-7-3-1-5-20(23)9-10-25(32)31-17-18-33-21(19-31)11-12-29-13-15-30(16-14-29)26-22-6-2-4-8-24(22)34-28-26/h1-10,21H,11-19H2/b10-9+. The summed E-state index contributed by atoms with van der Waals surface area (Å²) in [6, 6.07) is 14.9. The van der Waals surface area contributed by atoms with Gasteiger partial charge in [0, 0.05) is 62.8 Å². The number of ether oxygens (including phenoxy) is 1. The summed E-state index contributed by atoms with van der Waals surface area (Å²) in [4.78, 5) is 19.3. The average Bonchev–Trinajstić information content (AvgIpc) is 3.31. The number of anilines is 1. The lowest BCUT2D eigenvalue weighted by molar-refractivity contribution is -0.133. The third-order valence-corrected chi connectivity index (χ3v) is 7.38. The molecule has 3 aromatic rings. The van der Waals surface area contributed by atoms with Crippen LogP contribution in [0.4, 0.5) is 10.2 Å². The summed E-state index contributed by atoms with van der Waals surface area (Å²) >= 11 is 1.57. The highest BCUT2D eigenvalue weighted by molar-refractivity contribution is 7.13. The fourth-order valence-corrected chi connectivity index (χ4v) is 5.38. The molecule has 34 heavy (non-hydrogen) atoms. The van der Waals surface area contributed by atoms with Crippen LogP contribution < -0.4 is 4.90 Å². The summed E-state index contributed by atoms with van der Waals surface area (Å²) in [6.07, 6.45) is 3.93. The minimum absolute atomic E-state index is 0.0278. The molecule has 1 aromatic heterocycles. The molecule has 0 radical (unpaired) electrons. The molecule has 5 rings (SSSR count). The fourth-order valence-electron chi connectivity index (χ4n) is 4.58. The van der Waals surface area contributed by atoms with Crippen LogP contribution in [-0.2, 0) is 9.53 Å². The van der Waals surface area contributed by atoms with Gasteiger partial charge in [-0.15, -0.1) is 0 Å². The molecular formula is C26H29FN4O2S. The molecular weight excluding hydrogens is 451 g/mol. The molecule has 1 amide bonds. The number of amides is 1. The van der Waals surface area contributed by atoms with Gasteiger partial charge in [0.15, 0.2) is 0 Å². The van der Waals surface area contributed by atoms with E-state index in [2.05, 4.69) is 34.1 Å². The van der Waals surface area contributed by atoms with Crippen LogP contribution in [0.1, 0.15) is 12.0 Å². The first kappa shape index (κ1) is 23.0. The van der Waals surface area contributed by atoms with E-state index in [4.69, 9.17) is 9.11 Å². The predicted octanol–water partition coefficient (Wildman–Crippen LogP) is 3.89. The number of hydrogen-bond donors (Lipinski definition) is 0. The number of piperazine rings is 1. The second-order valence-corrected chi connectivity index (χ2v) is 9.56. The summed E-state index contributed by atoms with van der Waals surface area (Å²) in [6.45, 7) is 6.54. The van der Waals surface area contributed by atoms with Crippen LogP contribution in [-0.4, -0.2) is 78.6 Å². The lowest BCUT2D eigenvalue weighted by atomic mass is 10.1. The normalized spacial score (nSPS) is 19.9. The van der Waals surface area contributed by atoms with Crippen molar-refractivity contribution in [2.45, 2.75) is 12.5 Å². The van der Waals surface area contributed by atoms with Gasteiger partial charge in [0.2, 0.25) is 5.91 Å². The van der Waals surface area contributed by atoms with Crippen LogP contribution in [0.5, 0.6) is 0 Å². The van der Waals surface area contributed by atoms with Gasteiger partial charge in [0.1, 0.15) is 11.6 Å². The smallest absolute Gasteiger partial charge is 0.246 e. The molecule has 1 atom stereocenters. The second kappa shape index (κ2) is 10.6. The highest BCUT2D eigenvalue weighted by Crippen LogP contribution is 2.29. The molecule has 178 valence electrons. The Kier molecular flexibility index (Phi) is 7.18. The SMILES string of the molecule is O=C(/C=C/c1ccccc1F)N1CCOC(CCN2CCN(c3nsc4ccccc34)CC2)C1. The number of hydrogen-bond acceptors (Lipinski definition) is 6. The van der Waals surface area contributed by atoms with Gasteiger partial charge in [-0.3, -0.25) is 9.69 Å². The number of rotatable bonds is 6. The van der Waals surface area contributed by atoms with Crippen molar-refractivity contribution in [3.8, 4) is 0 Å². The predicted molar refractivity (Wildman–Crippen MR) is 135 cm³/mol. The number of benzene rings is 2. The lowest BCUT2D eigenvalue weighted by Crippen LogP contribution is -2.49. The molecule has 2 aromatic carbocycles. The monoisotopic (exact) mass is 480 g/mol. The molecule has 2 saturated heterocycles. The van der Waals surface area contributed by atoms with Crippen LogP contribution in [0.3, 0.4) is 0 Å². The Balaban J connectivity index is 1.08. The lowest BCUT2D eigenvalue weighted by Gasteiger charge is -2.37. The van der Waals surface area contributed by atoms with E-state index < -0.39 is 0 Å². The number of nitrogens with zero attached hydrogens (tertiary/aromatic N) is 4. The summed E-state index contributed by atoms with van der Waals surface area (Å²) in [5.41, 5.74) is 0.422. The topological polar surface area (TPSA) is 48.9 Å². The first-order chi connectivity index (χ1) is 16.7. The maximum Gasteiger partial charge on any atom is 0.246 e. The van der Waals surface area contributed by atoms with E-state index in [-0.39, 0.29) is 17.8 Å². The summed E-state index contributed by atoms with van der Waals surface area (Å²) in [7, 11) is 0. The Morgan fingerprint density at radius 2 is 1.88 bits per heavy atom. The van der Waals surface area contributed by atoms with Crippen molar-refractivity contribution in [1.82, 2.24) is 14.2 Å². The van der Waals surface area contributed by atoms with Gasteiger partial charge in [-0.2, -0.15) is 4.37 Å². The van der Waals surface area contributed by atoms with Gasteiger partial charge in [0.25, 0.3) is 0 Å². The number of morpholine rings is 1. The Morgan fingerprint density at radius 3 is 2.74 bits per heavy atom. The number of fused-ring (bicyclic) bond motifs is 1. The molecule has 0 aliphatic carbocycles. The highest BCUT2D eigenvalue weighted by atomic mass is 32.1. The zero-order chi connectivity index (χ0) is 23.3. The molecule has 0 saturated carbocycles. The minimum Gasteiger partial charge on any atom is -0.374 e. The van der Waals surface area contributed by atoms with Crippen LogP contribution in [0, 0.1) is 5.82 Å². The van der Waals surface area contributed by atoms with E-state index in [1.54, 1.807) is 40.7 Å². The third kappa shape index (κ3) is 5.29. The molecule has 0 spiro atoms. The molecule has 8 heteroatoms. The average molecular weight is 481 g/mol. The molecule has 6 nitrogen and oxygen atoms in total. The van der Waals surface area contributed by atoms with Crippen LogP contribution in [0.2, 0.25) is 0 Å². The highest BCUT2D eigenvalue weighted by Gasteiger charge is 2.25. The second-order valence-electron chi connectivity index (χ2n) is 8.75. The molecule has 0 bridgehead atoms. The summed E-state index contributed by atoms with van der Waals surface area (Å²) < 4.78 is 25.6. The zero-order valence-electron chi connectivity index (χ0n) is 19.1. The number of halogens is 1. The molecule has 0 N–H and O–H groups in total. The van der Waals surface area contributed by atoms with E-state index in [0.717, 1.165) is 45.0 Å². The minimum atomic E-state index is -0.325. The van der Waals surface area contributed by atoms with E-state index in [0.29, 0.717) is 25.3 Å². The van der Waals surface area contributed by atoms with Crippen LogP contribution >= 0.6 is 11.5 Å². The van der Waals surface area contributed by atoms with E-state index in [1.807, 2.05) is 0 Å². The molecule has 2 fully saturated rings. The number of carbonyl (C=O) groups excluding carboxylic acids is 1. The number of carbonyl (C=O) groups is 1. The van der Waals surface area contributed by atoms with Crippen molar-refractivity contribution in [1.29, 1.82) is 0 Å². The molecule has 2 aliphatic rings. The first-order valence-electron chi connectivity index (χ1n) is 11.8. The van der Waals surface area contributed by atoms with Gasteiger partial charge < -0.3 is 14.5 Å². The van der Waals surface area contributed by atoms with Crippen molar-refractivity contribution in [3.63, 3.8) is 0 Å². The van der Waals surface area contributed by atoms with E-state index in [1.165, 1.54) is 22.2 Å². The van der Waals surface area contributed by atoms with Crippen LogP contribution in [0.15, 0.2) is 54.6 Å². The maximum absolute atomic E-state index is 13.8. The first-order valence-corrected chi connectivity index (χ1v) is 12.6. The van der Waals surface area contributed by atoms with Crippen molar-refractivity contribution in [2.24, 2.45) is 0 Å². The van der Waals surface area contributed by atoms with Gasteiger partial charge in [-0.25, -0.2) is 4.39 Å². The van der Waals surface area contributed by atoms with E-state index in [9.17, 15) is 9.18 Å². The Bertz CT molecular complexity index is 1160. The Labute approximate surface area is 203 Å². The number of aromatic nitrogens is 1. The fraction of sp³-hybridized carbons (Fsp3) is 0.385. The van der Waals surface area contributed by atoms with Gasteiger partial charge in [-0.1, -0.05) is 30.3 Å².